The molecule has 31 heavy (non-hydrogen) atoms. The second-order valence-electron chi connectivity index (χ2n) is 7.46. The molecule has 8 heteroatoms. The number of aromatic nitrogens is 4. The first-order chi connectivity index (χ1) is 15.0. The number of thiophene rings is 1. The van der Waals surface area contributed by atoms with Crippen molar-refractivity contribution in [2.75, 3.05) is 24.3 Å². The fourth-order valence-electron chi connectivity index (χ4n) is 3.58. The van der Waals surface area contributed by atoms with Gasteiger partial charge in [-0.05, 0) is 36.8 Å². The largest absolute Gasteiger partial charge is 0.361 e. The Morgan fingerprint density at radius 1 is 1.06 bits per heavy atom. The number of pyridine rings is 1. The monoisotopic (exact) mass is 425 g/mol. The Labute approximate surface area is 183 Å². The third kappa shape index (κ3) is 3.25. The zero-order valence-corrected chi connectivity index (χ0v) is 18.1. The van der Waals surface area contributed by atoms with Gasteiger partial charge in [0.2, 0.25) is 5.95 Å². The molecule has 0 unspecified atom stereocenters. The predicted molar refractivity (Wildman–Crippen MR) is 126 cm³/mol. The maximum absolute atomic E-state index is 9.71. The van der Waals surface area contributed by atoms with E-state index in [0.717, 1.165) is 48.5 Å². The van der Waals surface area contributed by atoms with Crippen LogP contribution in [0.2, 0.25) is 0 Å². The molecule has 0 radical (unpaired) electrons. The molecule has 0 bridgehead atoms. The summed E-state index contributed by atoms with van der Waals surface area (Å²) in [6.45, 7) is 2.08. The summed E-state index contributed by atoms with van der Waals surface area (Å²) in [5.74, 6) is 0.660. The summed E-state index contributed by atoms with van der Waals surface area (Å²) in [6, 6.07) is 10.5. The molecule has 0 saturated carbocycles. The van der Waals surface area contributed by atoms with Crippen LogP contribution in [0.3, 0.4) is 0 Å². The van der Waals surface area contributed by atoms with Crippen molar-refractivity contribution in [1.82, 2.24) is 19.9 Å². The minimum Gasteiger partial charge on any atom is -0.361 e. The van der Waals surface area contributed by atoms with Crippen molar-refractivity contribution in [2.24, 2.45) is 0 Å². The second-order valence-corrected chi connectivity index (χ2v) is 8.49. The van der Waals surface area contributed by atoms with Crippen molar-refractivity contribution >= 4 is 49.8 Å². The second kappa shape index (κ2) is 7.38. The van der Waals surface area contributed by atoms with Crippen LogP contribution < -0.4 is 10.2 Å². The number of H-pyrrole nitrogens is 1. The van der Waals surface area contributed by atoms with Crippen LogP contribution in [0.4, 0.5) is 17.3 Å². The van der Waals surface area contributed by atoms with Crippen LogP contribution in [0.25, 0.3) is 31.6 Å². The Kier molecular flexibility index (Phi) is 4.53. The first-order valence-electron chi connectivity index (χ1n) is 9.71. The average Bonchev–Trinajstić information content (AvgIpc) is 3.43. The number of fused-ring (bicyclic) bond motifs is 2. The molecule has 0 aliphatic rings. The van der Waals surface area contributed by atoms with Crippen LogP contribution in [0.15, 0.2) is 49.1 Å². The fraction of sp³-hybridized carbons (Fsp3) is 0.130. The lowest BCUT2D eigenvalue weighted by Crippen LogP contribution is -2.12. The van der Waals surface area contributed by atoms with E-state index in [1.54, 1.807) is 17.5 Å². The molecule has 5 aromatic rings. The Bertz CT molecular complexity index is 1460. The topological polar surface area (TPSA) is 93.5 Å². The summed E-state index contributed by atoms with van der Waals surface area (Å²) in [6.07, 6.45) is 7.19. The predicted octanol–water partition coefficient (Wildman–Crippen LogP) is 5.22. The fourth-order valence-corrected chi connectivity index (χ4v) is 4.57. The van der Waals surface area contributed by atoms with Gasteiger partial charge in [0.1, 0.15) is 10.9 Å². The number of aromatic amines is 1. The molecule has 0 atom stereocenters. The third-order valence-corrected chi connectivity index (χ3v) is 6.36. The van der Waals surface area contributed by atoms with E-state index < -0.39 is 0 Å². The molecule has 2 N–H and O–H groups in total. The van der Waals surface area contributed by atoms with Crippen molar-refractivity contribution in [3.8, 4) is 16.5 Å². The van der Waals surface area contributed by atoms with E-state index in [1.165, 1.54) is 0 Å². The zero-order valence-electron chi connectivity index (χ0n) is 17.3. The van der Waals surface area contributed by atoms with Crippen LogP contribution >= 0.6 is 11.3 Å². The van der Waals surface area contributed by atoms with Gasteiger partial charge in [-0.25, -0.2) is 15.0 Å². The van der Waals surface area contributed by atoms with Gasteiger partial charge in [0, 0.05) is 71.3 Å². The molecule has 152 valence electrons. The van der Waals surface area contributed by atoms with Crippen molar-refractivity contribution in [3.05, 3.63) is 60.2 Å². The number of nitrogens with zero attached hydrogens (tertiary/aromatic N) is 5. The number of anilines is 3. The highest BCUT2D eigenvalue weighted by atomic mass is 32.1. The number of rotatable bonds is 4. The number of nitriles is 1. The quantitative estimate of drug-likeness (QED) is 0.410. The minimum atomic E-state index is 0.504. The van der Waals surface area contributed by atoms with E-state index in [-0.39, 0.29) is 0 Å². The average molecular weight is 426 g/mol. The summed E-state index contributed by atoms with van der Waals surface area (Å²) in [5.41, 5.74) is 5.35. The van der Waals surface area contributed by atoms with Gasteiger partial charge in [0.15, 0.2) is 0 Å². The molecular weight excluding hydrogens is 406 g/mol. The standard InChI is InChI=1S/C23H19N7S/c1-13-16-6-7-25-19(16)5-4-18(13)29-21-14(9-24)10-26-22-17(21)8-20(31-22)15-11-27-23(28-12-15)30(2)3/h4-8,10-12,25H,1-3H3,(H,26,29). The molecule has 0 fully saturated rings. The first kappa shape index (κ1) is 19.0. The Morgan fingerprint density at radius 3 is 2.61 bits per heavy atom. The van der Waals surface area contributed by atoms with Crippen molar-refractivity contribution in [3.63, 3.8) is 0 Å². The van der Waals surface area contributed by atoms with E-state index in [4.69, 9.17) is 0 Å². The number of nitrogens with one attached hydrogen (secondary N) is 2. The van der Waals surface area contributed by atoms with Crippen LogP contribution in [-0.2, 0) is 0 Å². The van der Waals surface area contributed by atoms with E-state index >= 15 is 0 Å². The maximum atomic E-state index is 9.71. The highest BCUT2D eigenvalue weighted by Gasteiger charge is 2.16. The molecule has 1 aromatic carbocycles. The molecule has 0 aliphatic carbocycles. The van der Waals surface area contributed by atoms with Crippen molar-refractivity contribution in [1.29, 1.82) is 5.26 Å². The number of benzene rings is 1. The normalized spacial score (nSPS) is 11.0. The minimum absolute atomic E-state index is 0.504. The maximum Gasteiger partial charge on any atom is 0.224 e. The van der Waals surface area contributed by atoms with Gasteiger partial charge in [-0.3, -0.25) is 0 Å². The van der Waals surface area contributed by atoms with Gasteiger partial charge in [0.05, 0.1) is 11.3 Å². The van der Waals surface area contributed by atoms with E-state index in [1.807, 2.05) is 55.8 Å². The van der Waals surface area contributed by atoms with Gasteiger partial charge in [0.25, 0.3) is 0 Å². The van der Waals surface area contributed by atoms with Crippen molar-refractivity contribution in [2.45, 2.75) is 6.92 Å². The van der Waals surface area contributed by atoms with E-state index in [2.05, 4.69) is 44.3 Å². The molecule has 0 spiro atoms. The summed E-state index contributed by atoms with van der Waals surface area (Å²) in [7, 11) is 3.82. The molecule has 5 rings (SSSR count). The summed E-state index contributed by atoms with van der Waals surface area (Å²) >= 11 is 1.56. The lowest BCUT2D eigenvalue weighted by molar-refractivity contribution is 1.00. The smallest absolute Gasteiger partial charge is 0.224 e. The van der Waals surface area contributed by atoms with Crippen molar-refractivity contribution < 1.29 is 0 Å². The van der Waals surface area contributed by atoms with Crippen LogP contribution in [0.1, 0.15) is 11.1 Å². The molecule has 4 heterocycles. The summed E-state index contributed by atoms with van der Waals surface area (Å²) in [5, 5.41) is 15.3. The molecule has 0 saturated heterocycles. The molecule has 4 aromatic heterocycles. The Hall–Kier alpha value is -3.96. The van der Waals surface area contributed by atoms with E-state index in [0.29, 0.717) is 11.5 Å². The van der Waals surface area contributed by atoms with Crippen LogP contribution in [0.5, 0.6) is 0 Å². The number of hydrogen-bond acceptors (Lipinski definition) is 7. The van der Waals surface area contributed by atoms with Gasteiger partial charge < -0.3 is 15.2 Å². The SMILES string of the molecule is Cc1c(Nc2c(C#N)cnc3sc(-c4cnc(N(C)C)nc4)cc23)ccc2[nH]ccc12. The van der Waals surface area contributed by atoms with Gasteiger partial charge >= 0.3 is 0 Å². The number of aryl methyl sites for hydroxylation is 1. The van der Waals surface area contributed by atoms with Crippen LogP contribution in [0, 0.1) is 18.3 Å². The molecule has 0 aliphatic heterocycles. The molecule has 0 amide bonds. The van der Waals surface area contributed by atoms with E-state index in [9.17, 15) is 5.26 Å². The van der Waals surface area contributed by atoms with Gasteiger partial charge in [-0.2, -0.15) is 5.26 Å². The van der Waals surface area contributed by atoms with Gasteiger partial charge in [-0.1, -0.05) is 0 Å². The zero-order chi connectivity index (χ0) is 21.5. The number of hydrogen-bond donors (Lipinski definition) is 2. The van der Waals surface area contributed by atoms with Crippen LogP contribution in [-0.4, -0.2) is 34.0 Å². The molecular formula is C23H19N7S. The summed E-state index contributed by atoms with van der Waals surface area (Å²) in [4.78, 5) is 20.3. The van der Waals surface area contributed by atoms with Gasteiger partial charge in [-0.15, -0.1) is 11.3 Å². The Morgan fingerprint density at radius 2 is 1.87 bits per heavy atom. The Balaban J connectivity index is 1.61. The third-order valence-electron chi connectivity index (χ3n) is 5.27. The highest BCUT2D eigenvalue weighted by Crippen LogP contribution is 2.39. The highest BCUT2D eigenvalue weighted by molar-refractivity contribution is 7.21. The summed E-state index contributed by atoms with van der Waals surface area (Å²) < 4.78 is 0. The first-order valence-corrected chi connectivity index (χ1v) is 10.5. The lowest BCUT2D eigenvalue weighted by Gasteiger charge is -2.12. The molecule has 7 nitrogen and oxygen atoms in total. The lowest BCUT2D eigenvalue weighted by atomic mass is 10.1.